The van der Waals surface area contributed by atoms with Crippen LogP contribution in [0.1, 0.15) is 20.8 Å². The van der Waals surface area contributed by atoms with Gasteiger partial charge in [-0.3, -0.25) is 4.79 Å². The molecule has 20 heavy (non-hydrogen) atoms. The maximum Gasteiger partial charge on any atom is 0.251 e. The first kappa shape index (κ1) is 14.3. The van der Waals surface area contributed by atoms with E-state index in [4.69, 9.17) is 5.73 Å². The summed E-state index contributed by atoms with van der Waals surface area (Å²) >= 11 is 1.51. The zero-order valence-electron chi connectivity index (χ0n) is 10.7. The lowest BCUT2D eigenvalue weighted by atomic mass is 10.2. The minimum absolute atomic E-state index is 0.297. The van der Waals surface area contributed by atoms with Crippen molar-refractivity contribution in [3.8, 4) is 11.8 Å². The Labute approximate surface area is 120 Å². The van der Waals surface area contributed by atoms with Crippen LogP contribution >= 0.6 is 11.3 Å². The van der Waals surface area contributed by atoms with Crippen LogP contribution in [0.3, 0.4) is 0 Å². The fourth-order valence-electron chi connectivity index (χ4n) is 1.63. The Morgan fingerprint density at radius 1 is 1.40 bits per heavy atom. The van der Waals surface area contributed by atoms with Crippen molar-refractivity contribution in [3.63, 3.8) is 0 Å². The van der Waals surface area contributed by atoms with Crippen LogP contribution in [0.25, 0.3) is 0 Å². The largest absolute Gasteiger partial charge is 0.347 e. The Bertz CT molecular complexity index is 670. The van der Waals surface area contributed by atoms with E-state index in [9.17, 15) is 9.18 Å². The normalized spacial score (nSPS) is 9.70. The molecule has 102 valence electrons. The molecule has 0 aliphatic carbocycles. The van der Waals surface area contributed by atoms with Crippen LogP contribution in [0, 0.1) is 17.7 Å². The summed E-state index contributed by atoms with van der Waals surface area (Å²) in [5.41, 5.74) is 6.50. The first-order chi connectivity index (χ1) is 9.70. The molecule has 0 spiro atoms. The van der Waals surface area contributed by atoms with E-state index in [1.807, 2.05) is 11.4 Å². The minimum Gasteiger partial charge on any atom is -0.347 e. The number of carbonyl (C=O) groups excluding carboxylic acids is 1. The smallest absolute Gasteiger partial charge is 0.251 e. The van der Waals surface area contributed by atoms with Crippen LogP contribution in [0.5, 0.6) is 0 Å². The Morgan fingerprint density at radius 2 is 2.25 bits per heavy atom. The van der Waals surface area contributed by atoms with Crippen molar-refractivity contribution in [2.75, 3.05) is 6.54 Å². The molecule has 1 amide bonds. The third kappa shape index (κ3) is 3.67. The molecule has 0 saturated carbocycles. The second-order valence-corrected chi connectivity index (χ2v) is 4.96. The number of nitrogens with one attached hydrogen (secondary N) is 1. The van der Waals surface area contributed by atoms with Gasteiger partial charge in [-0.15, -0.1) is 11.3 Å². The van der Waals surface area contributed by atoms with E-state index in [0.717, 1.165) is 10.4 Å². The van der Waals surface area contributed by atoms with E-state index in [0.29, 0.717) is 18.7 Å². The predicted octanol–water partition coefficient (Wildman–Crippen LogP) is 2.13. The maximum atomic E-state index is 13.0. The number of benzene rings is 1. The summed E-state index contributed by atoms with van der Waals surface area (Å²) in [7, 11) is 0. The van der Waals surface area contributed by atoms with Gasteiger partial charge in [0.05, 0.1) is 13.1 Å². The van der Waals surface area contributed by atoms with Crippen molar-refractivity contribution in [3.05, 3.63) is 57.5 Å². The molecule has 2 aromatic rings. The number of amides is 1. The number of nitrogens with two attached hydrogens (primary N) is 1. The molecule has 0 aliphatic rings. The van der Waals surface area contributed by atoms with Crippen LogP contribution in [0.2, 0.25) is 0 Å². The molecule has 2 rings (SSSR count). The van der Waals surface area contributed by atoms with Crippen LogP contribution in [-0.2, 0) is 6.54 Å². The molecule has 0 bridgehead atoms. The highest BCUT2D eigenvalue weighted by Crippen LogP contribution is 2.15. The lowest BCUT2D eigenvalue weighted by Crippen LogP contribution is -2.22. The third-order valence-electron chi connectivity index (χ3n) is 2.57. The Kier molecular flexibility index (Phi) is 4.88. The van der Waals surface area contributed by atoms with Crippen molar-refractivity contribution < 1.29 is 9.18 Å². The zero-order chi connectivity index (χ0) is 14.4. The molecule has 3 nitrogen and oxygen atoms in total. The SMILES string of the molecule is NCC#Cc1ccsc1CNC(=O)c1cccc(F)c1. The van der Waals surface area contributed by atoms with Crippen LogP contribution < -0.4 is 11.1 Å². The minimum atomic E-state index is -0.428. The Balaban J connectivity index is 2.02. The number of carbonyl (C=O) groups is 1. The average molecular weight is 288 g/mol. The number of halogens is 1. The van der Waals surface area contributed by atoms with Gasteiger partial charge in [0.25, 0.3) is 5.91 Å². The maximum absolute atomic E-state index is 13.0. The van der Waals surface area contributed by atoms with Gasteiger partial charge >= 0.3 is 0 Å². The van der Waals surface area contributed by atoms with Gasteiger partial charge < -0.3 is 11.1 Å². The van der Waals surface area contributed by atoms with E-state index >= 15 is 0 Å². The molecule has 1 aromatic carbocycles. The molecule has 1 aromatic heterocycles. The van der Waals surface area contributed by atoms with Gasteiger partial charge in [0.2, 0.25) is 0 Å². The van der Waals surface area contributed by atoms with E-state index < -0.39 is 5.82 Å². The fraction of sp³-hybridized carbons (Fsp3) is 0.133. The summed E-state index contributed by atoms with van der Waals surface area (Å²) in [4.78, 5) is 12.8. The number of hydrogen-bond donors (Lipinski definition) is 2. The average Bonchev–Trinajstić information content (AvgIpc) is 2.90. The van der Waals surface area contributed by atoms with Crippen molar-refractivity contribution in [2.45, 2.75) is 6.54 Å². The van der Waals surface area contributed by atoms with Gasteiger partial charge in [-0.05, 0) is 29.6 Å². The van der Waals surface area contributed by atoms with E-state index in [1.165, 1.54) is 29.5 Å². The van der Waals surface area contributed by atoms with Gasteiger partial charge in [0.1, 0.15) is 5.82 Å². The fourth-order valence-corrected chi connectivity index (χ4v) is 2.40. The highest BCUT2D eigenvalue weighted by molar-refractivity contribution is 7.10. The molecule has 3 N–H and O–H groups in total. The summed E-state index contributed by atoms with van der Waals surface area (Å²) in [6.07, 6.45) is 0. The van der Waals surface area contributed by atoms with Crippen molar-refractivity contribution in [1.29, 1.82) is 0 Å². The molecule has 5 heteroatoms. The molecular formula is C15H13FN2OS. The van der Waals surface area contributed by atoms with E-state index in [-0.39, 0.29) is 5.91 Å². The van der Waals surface area contributed by atoms with Gasteiger partial charge in [0, 0.05) is 16.0 Å². The summed E-state index contributed by atoms with van der Waals surface area (Å²) in [5.74, 6) is 4.99. The Morgan fingerprint density at radius 3 is 3.00 bits per heavy atom. The summed E-state index contributed by atoms with van der Waals surface area (Å²) in [6, 6.07) is 7.47. The van der Waals surface area contributed by atoms with E-state index in [2.05, 4.69) is 17.2 Å². The Hall–Kier alpha value is -2.16. The topological polar surface area (TPSA) is 55.1 Å². The molecule has 1 heterocycles. The second kappa shape index (κ2) is 6.85. The molecule has 0 fully saturated rings. The van der Waals surface area contributed by atoms with Gasteiger partial charge in [-0.1, -0.05) is 17.9 Å². The molecule has 0 saturated heterocycles. The molecular weight excluding hydrogens is 275 g/mol. The summed E-state index contributed by atoms with van der Waals surface area (Å²) < 4.78 is 13.0. The zero-order valence-corrected chi connectivity index (χ0v) is 11.5. The molecule has 0 atom stereocenters. The standard InChI is InChI=1S/C15H13FN2OS/c16-13-5-1-3-12(9-13)15(19)18-10-14-11(4-2-7-17)6-8-20-14/h1,3,5-6,8-9H,7,10,17H2,(H,18,19). The van der Waals surface area contributed by atoms with Crippen molar-refractivity contribution in [1.82, 2.24) is 5.32 Å². The highest BCUT2D eigenvalue weighted by atomic mass is 32.1. The molecule has 0 unspecified atom stereocenters. The van der Waals surface area contributed by atoms with Gasteiger partial charge in [0.15, 0.2) is 0 Å². The van der Waals surface area contributed by atoms with Crippen LogP contribution in [0.15, 0.2) is 35.7 Å². The number of thiophene rings is 1. The quantitative estimate of drug-likeness (QED) is 0.850. The third-order valence-corrected chi connectivity index (χ3v) is 3.49. The van der Waals surface area contributed by atoms with Crippen molar-refractivity contribution >= 4 is 17.2 Å². The summed E-state index contributed by atoms with van der Waals surface area (Å²) in [5, 5.41) is 4.66. The number of hydrogen-bond acceptors (Lipinski definition) is 3. The first-order valence-electron chi connectivity index (χ1n) is 6.00. The molecule has 0 aliphatic heterocycles. The lowest BCUT2D eigenvalue weighted by molar-refractivity contribution is 0.0951. The van der Waals surface area contributed by atoms with Crippen LogP contribution in [-0.4, -0.2) is 12.5 Å². The molecule has 0 radical (unpaired) electrons. The van der Waals surface area contributed by atoms with Gasteiger partial charge in [-0.2, -0.15) is 0 Å². The van der Waals surface area contributed by atoms with E-state index in [1.54, 1.807) is 6.07 Å². The predicted molar refractivity (Wildman–Crippen MR) is 77.8 cm³/mol. The second-order valence-electron chi connectivity index (χ2n) is 3.96. The lowest BCUT2D eigenvalue weighted by Gasteiger charge is -2.04. The monoisotopic (exact) mass is 288 g/mol. The van der Waals surface area contributed by atoms with Crippen molar-refractivity contribution in [2.24, 2.45) is 5.73 Å². The first-order valence-corrected chi connectivity index (χ1v) is 6.87. The number of rotatable bonds is 3. The summed E-state index contributed by atoms with van der Waals surface area (Å²) in [6.45, 7) is 0.659. The van der Waals surface area contributed by atoms with Gasteiger partial charge in [-0.25, -0.2) is 4.39 Å². The van der Waals surface area contributed by atoms with Crippen LogP contribution in [0.4, 0.5) is 4.39 Å². The highest BCUT2D eigenvalue weighted by Gasteiger charge is 2.08.